The van der Waals surface area contributed by atoms with Crippen molar-refractivity contribution in [1.82, 2.24) is 5.48 Å². The summed E-state index contributed by atoms with van der Waals surface area (Å²) >= 11 is 0. The molecule has 0 fully saturated rings. The summed E-state index contributed by atoms with van der Waals surface area (Å²) in [5.41, 5.74) is 4.05. The molecule has 0 unspecified atom stereocenters. The Balaban J connectivity index is 1.85. The fourth-order valence-electron chi connectivity index (χ4n) is 3.68. The molecule has 33 heavy (non-hydrogen) atoms. The summed E-state index contributed by atoms with van der Waals surface area (Å²) < 4.78 is 5.90. The predicted octanol–water partition coefficient (Wildman–Crippen LogP) is 5.62. The Morgan fingerprint density at radius 3 is 2.42 bits per heavy atom. The van der Waals surface area contributed by atoms with Gasteiger partial charge in [0.15, 0.2) is 0 Å². The van der Waals surface area contributed by atoms with Crippen molar-refractivity contribution in [1.29, 1.82) is 0 Å². The van der Waals surface area contributed by atoms with Gasteiger partial charge < -0.3 is 9.84 Å². The molecule has 0 aliphatic carbocycles. The zero-order chi connectivity index (χ0) is 23.8. The minimum Gasteiger partial charge on any atom is -0.507 e. The first kappa shape index (κ1) is 23.8. The van der Waals surface area contributed by atoms with Crippen molar-refractivity contribution in [3.05, 3.63) is 83.9 Å². The number of hydrogen-bond acceptors (Lipinski definition) is 5. The van der Waals surface area contributed by atoms with Crippen LogP contribution >= 0.6 is 0 Å². The van der Waals surface area contributed by atoms with Crippen LogP contribution in [-0.2, 0) is 9.53 Å². The fraction of sp³-hybridized carbons (Fsp3) is 0.231. The standard InChI is InChI=1S/C26H28N2O5/c1-17-11-13-19(14-12-17)27-26(31)33-25(18(2)7-3-6-10-24(30)28-32)22-15-16-23(29)21-9-5-4-8-20(21)22/h4-6,8-16,18,25,29,32H,3,7H2,1-2H3,(H,27,31)(H,28,30)/b10-6+/t18-,25+/m1/s1. The SMILES string of the molecule is Cc1ccc(NC(=O)O[C@H](c2ccc(O)c3ccccc23)[C@H](C)CC/C=C/C(=O)NO)cc1. The van der Waals surface area contributed by atoms with Crippen molar-refractivity contribution in [3.8, 4) is 5.75 Å². The molecule has 3 aromatic carbocycles. The van der Waals surface area contributed by atoms with E-state index >= 15 is 0 Å². The van der Waals surface area contributed by atoms with E-state index in [2.05, 4.69) is 5.32 Å². The molecule has 3 rings (SSSR count). The lowest BCUT2D eigenvalue weighted by Crippen LogP contribution is -2.22. The number of nitrogens with one attached hydrogen (secondary N) is 2. The third kappa shape index (κ3) is 6.33. The molecular weight excluding hydrogens is 420 g/mol. The highest BCUT2D eigenvalue weighted by atomic mass is 16.6. The van der Waals surface area contributed by atoms with Crippen LogP contribution in [0.15, 0.2) is 72.8 Å². The van der Waals surface area contributed by atoms with Crippen LogP contribution in [0.3, 0.4) is 0 Å². The Kier molecular flexibility index (Phi) is 8.05. The third-order valence-electron chi connectivity index (χ3n) is 5.46. The van der Waals surface area contributed by atoms with E-state index in [0.29, 0.717) is 23.9 Å². The van der Waals surface area contributed by atoms with E-state index in [1.165, 1.54) is 6.08 Å². The van der Waals surface area contributed by atoms with Crippen molar-refractivity contribution in [2.24, 2.45) is 5.92 Å². The third-order valence-corrected chi connectivity index (χ3v) is 5.46. The maximum Gasteiger partial charge on any atom is 0.412 e. The molecule has 172 valence electrons. The zero-order valence-corrected chi connectivity index (χ0v) is 18.6. The molecule has 0 aliphatic rings. The molecule has 2 amide bonds. The number of ether oxygens (including phenoxy) is 1. The van der Waals surface area contributed by atoms with Crippen molar-refractivity contribution in [2.75, 3.05) is 5.32 Å². The molecule has 0 bridgehead atoms. The van der Waals surface area contributed by atoms with E-state index in [1.807, 2.05) is 62.4 Å². The highest BCUT2D eigenvalue weighted by molar-refractivity contribution is 5.91. The predicted molar refractivity (Wildman–Crippen MR) is 127 cm³/mol. The summed E-state index contributed by atoms with van der Waals surface area (Å²) in [6.45, 7) is 3.93. The van der Waals surface area contributed by atoms with Crippen molar-refractivity contribution < 1.29 is 24.6 Å². The van der Waals surface area contributed by atoms with Gasteiger partial charge in [-0.3, -0.25) is 15.3 Å². The molecule has 0 spiro atoms. The quantitative estimate of drug-likeness (QED) is 0.203. The molecular formula is C26H28N2O5. The lowest BCUT2D eigenvalue weighted by atomic mass is 9.89. The fourth-order valence-corrected chi connectivity index (χ4v) is 3.68. The number of carbonyl (C=O) groups is 2. The van der Waals surface area contributed by atoms with Crippen LogP contribution in [-0.4, -0.2) is 22.3 Å². The topological polar surface area (TPSA) is 108 Å². The van der Waals surface area contributed by atoms with Gasteiger partial charge in [0.2, 0.25) is 0 Å². The number of hydroxylamine groups is 1. The van der Waals surface area contributed by atoms with Gasteiger partial charge in [-0.15, -0.1) is 0 Å². The number of fused-ring (bicyclic) bond motifs is 1. The molecule has 4 N–H and O–H groups in total. The Labute approximate surface area is 192 Å². The Morgan fingerprint density at radius 1 is 1.03 bits per heavy atom. The van der Waals surface area contributed by atoms with Gasteiger partial charge in [-0.2, -0.15) is 0 Å². The zero-order valence-electron chi connectivity index (χ0n) is 18.6. The molecule has 0 aliphatic heterocycles. The maximum atomic E-state index is 12.8. The molecule has 0 heterocycles. The van der Waals surface area contributed by atoms with E-state index in [4.69, 9.17) is 9.94 Å². The Bertz CT molecular complexity index is 1140. The van der Waals surface area contributed by atoms with Gasteiger partial charge in [0.1, 0.15) is 11.9 Å². The van der Waals surface area contributed by atoms with Crippen LogP contribution < -0.4 is 10.8 Å². The Hall–Kier alpha value is -3.84. The minimum atomic E-state index is -0.600. The highest BCUT2D eigenvalue weighted by Gasteiger charge is 2.26. The van der Waals surface area contributed by atoms with Crippen LogP contribution in [0.5, 0.6) is 5.75 Å². The van der Waals surface area contributed by atoms with Gasteiger partial charge in [-0.05, 0) is 49.3 Å². The number of benzene rings is 3. The van der Waals surface area contributed by atoms with E-state index < -0.39 is 18.1 Å². The summed E-state index contributed by atoms with van der Waals surface area (Å²) in [7, 11) is 0. The van der Waals surface area contributed by atoms with Gasteiger partial charge in [0, 0.05) is 22.7 Å². The van der Waals surface area contributed by atoms with Crippen molar-refractivity contribution in [3.63, 3.8) is 0 Å². The van der Waals surface area contributed by atoms with E-state index in [-0.39, 0.29) is 11.7 Å². The first-order chi connectivity index (χ1) is 15.9. The average Bonchev–Trinajstić information content (AvgIpc) is 2.82. The highest BCUT2D eigenvalue weighted by Crippen LogP contribution is 2.37. The average molecular weight is 449 g/mol. The summed E-state index contributed by atoms with van der Waals surface area (Å²) in [5, 5.41) is 23.1. The number of anilines is 1. The molecule has 0 saturated carbocycles. The van der Waals surface area contributed by atoms with E-state index in [1.54, 1.807) is 23.7 Å². The molecule has 2 atom stereocenters. The van der Waals surface area contributed by atoms with Gasteiger partial charge in [-0.1, -0.05) is 61.0 Å². The minimum absolute atomic E-state index is 0.108. The summed E-state index contributed by atoms with van der Waals surface area (Å²) in [4.78, 5) is 24.0. The number of aryl methyl sites for hydroxylation is 1. The first-order valence-corrected chi connectivity index (χ1v) is 10.7. The number of aromatic hydroxyl groups is 1. The second-order valence-electron chi connectivity index (χ2n) is 7.97. The number of phenolic OH excluding ortho intramolecular Hbond substituents is 1. The maximum absolute atomic E-state index is 12.8. The van der Waals surface area contributed by atoms with Crippen molar-refractivity contribution in [2.45, 2.75) is 32.8 Å². The monoisotopic (exact) mass is 448 g/mol. The van der Waals surface area contributed by atoms with Gasteiger partial charge in [0.05, 0.1) is 0 Å². The lowest BCUT2D eigenvalue weighted by molar-refractivity contribution is -0.124. The summed E-state index contributed by atoms with van der Waals surface area (Å²) in [5.74, 6) is -0.552. The van der Waals surface area contributed by atoms with Gasteiger partial charge >= 0.3 is 6.09 Å². The number of carbonyl (C=O) groups excluding carboxylic acids is 2. The van der Waals surface area contributed by atoms with Gasteiger partial charge in [-0.25, -0.2) is 10.3 Å². The molecule has 7 heteroatoms. The largest absolute Gasteiger partial charge is 0.507 e. The van der Waals surface area contributed by atoms with Crippen LogP contribution in [0.4, 0.5) is 10.5 Å². The molecule has 7 nitrogen and oxygen atoms in total. The second-order valence-corrected chi connectivity index (χ2v) is 7.97. The molecule has 0 saturated heterocycles. The second kappa shape index (κ2) is 11.2. The summed E-state index contributed by atoms with van der Waals surface area (Å²) in [6, 6.07) is 18.2. The normalized spacial score (nSPS) is 12.9. The van der Waals surface area contributed by atoms with Crippen LogP contribution in [0.25, 0.3) is 10.8 Å². The number of phenols is 1. The number of allylic oxidation sites excluding steroid dienone is 1. The molecule has 0 radical (unpaired) electrons. The number of amides is 2. The first-order valence-electron chi connectivity index (χ1n) is 10.7. The Morgan fingerprint density at radius 2 is 1.73 bits per heavy atom. The smallest absolute Gasteiger partial charge is 0.412 e. The van der Waals surface area contributed by atoms with Crippen LogP contribution in [0, 0.1) is 12.8 Å². The van der Waals surface area contributed by atoms with Crippen LogP contribution in [0.2, 0.25) is 0 Å². The summed E-state index contributed by atoms with van der Waals surface area (Å²) in [6.07, 6.45) is 2.89. The lowest BCUT2D eigenvalue weighted by Gasteiger charge is -2.26. The van der Waals surface area contributed by atoms with Crippen molar-refractivity contribution >= 4 is 28.5 Å². The van der Waals surface area contributed by atoms with Gasteiger partial charge in [0.25, 0.3) is 5.91 Å². The number of rotatable bonds is 8. The molecule has 3 aromatic rings. The van der Waals surface area contributed by atoms with E-state index in [9.17, 15) is 14.7 Å². The number of hydrogen-bond donors (Lipinski definition) is 4. The van der Waals surface area contributed by atoms with Crippen LogP contribution in [0.1, 0.15) is 37.0 Å². The molecule has 0 aromatic heterocycles. The van der Waals surface area contributed by atoms with E-state index in [0.717, 1.165) is 16.5 Å².